The number of rotatable bonds is 6. The number of carboxylic acid groups (broad SMARTS) is 1. The first-order valence-electron chi connectivity index (χ1n) is 8.74. The number of Topliss-reactive ketones (excluding diaryl/α,β-unsaturated/α-hetero) is 1. The molecule has 2 atom stereocenters. The smallest absolute Gasteiger partial charge is 0.408 e. The first-order valence-corrected chi connectivity index (χ1v) is 8.74. The van der Waals surface area contributed by atoms with E-state index >= 15 is 0 Å². The molecular weight excluding hydrogens is 350 g/mol. The van der Waals surface area contributed by atoms with Crippen molar-refractivity contribution >= 4 is 17.8 Å². The number of carboxylic acids is 1. The Morgan fingerprint density at radius 3 is 1.93 bits per heavy atom. The molecule has 0 radical (unpaired) electrons. The Hall–Kier alpha value is -2.57. The molecule has 7 heteroatoms. The molecular formula is C20H29NO6. The minimum Gasteiger partial charge on any atom is -0.478 e. The third kappa shape index (κ3) is 7.29. The normalized spacial score (nSPS) is 14.0. The third-order valence-corrected chi connectivity index (χ3v) is 3.53. The Kier molecular flexibility index (Phi) is 7.00. The average Bonchev–Trinajstić information content (AvgIpc) is 2.49. The van der Waals surface area contributed by atoms with E-state index in [9.17, 15) is 19.5 Å². The van der Waals surface area contributed by atoms with Gasteiger partial charge < -0.3 is 19.9 Å². The zero-order valence-electron chi connectivity index (χ0n) is 17.0. The van der Waals surface area contributed by atoms with Gasteiger partial charge in [-0.2, -0.15) is 0 Å². The number of ketones is 1. The molecule has 0 saturated heterocycles. The Morgan fingerprint density at radius 2 is 1.52 bits per heavy atom. The minimum atomic E-state index is -1.06. The van der Waals surface area contributed by atoms with Crippen molar-refractivity contribution in [3.8, 4) is 5.75 Å². The fourth-order valence-corrected chi connectivity index (χ4v) is 2.23. The number of ether oxygens (including phenoxy) is 2. The minimum absolute atomic E-state index is 0.294. The molecule has 7 nitrogen and oxygen atoms in total. The molecule has 0 aliphatic rings. The predicted octanol–water partition coefficient (Wildman–Crippen LogP) is 3.66. The summed E-state index contributed by atoms with van der Waals surface area (Å²) in [6.45, 7) is 12.1. The lowest BCUT2D eigenvalue weighted by Gasteiger charge is -2.27. The number of benzene rings is 1. The zero-order chi connectivity index (χ0) is 21.0. The lowest BCUT2D eigenvalue weighted by atomic mass is 9.89. The fourth-order valence-electron chi connectivity index (χ4n) is 2.23. The highest BCUT2D eigenvalue weighted by molar-refractivity contribution is 6.01. The van der Waals surface area contributed by atoms with Crippen LogP contribution in [-0.2, 0) is 9.53 Å². The maximum atomic E-state index is 12.4. The topological polar surface area (TPSA) is 102 Å². The van der Waals surface area contributed by atoms with Gasteiger partial charge >= 0.3 is 12.1 Å². The van der Waals surface area contributed by atoms with Gasteiger partial charge in [0.15, 0.2) is 11.9 Å². The highest BCUT2D eigenvalue weighted by atomic mass is 16.6. The van der Waals surface area contributed by atoms with Gasteiger partial charge in [0.2, 0.25) is 0 Å². The van der Waals surface area contributed by atoms with Crippen molar-refractivity contribution in [3.63, 3.8) is 0 Å². The molecule has 0 fully saturated rings. The van der Waals surface area contributed by atoms with E-state index in [-0.39, 0.29) is 5.78 Å². The SMILES string of the molecule is CC(NC(=O)OC(C)(C)C)C(=O)c1ccc(OC(C(=O)O)C(C)(C)C)cc1. The van der Waals surface area contributed by atoms with Gasteiger partial charge in [-0.15, -0.1) is 0 Å². The molecule has 1 amide bonds. The van der Waals surface area contributed by atoms with Crippen LogP contribution < -0.4 is 10.1 Å². The Morgan fingerprint density at radius 1 is 1.00 bits per heavy atom. The lowest BCUT2D eigenvalue weighted by Crippen LogP contribution is -2.41. The van der Waals surface area contributed by atoms with Crippen molar-refractivity contribution in [2.75, 3.05) is 0 Å². The van der Waals surface area contributed by atoms with Gasteiger partial charge in [-0.25, -0.2) is 9.59 Å². The number of amides is 1. The predicted molar refractivity (Wildman–Crippen MR) is 101 cm³/mol. The van der Waals surface area contributed by atoms with Crippen LogP contribution in [0.25, 0.3) is 0 Å². The van der Waals surface area contributed by atoms with Gasteiger partial charge in [0, 0.05) is 11.0 Å². The number of carbonyl (C=O) groups excluding carboxylic acids is 2. The van der Waals surface area contributed by atoms with Crippen LogP contribution in [0.1, 0.15) is 58.8 Å². The standard InChI is InChI=1S/C20H29NO6/c1-12(21-18(25)27-20(5,6)7)15(22)13-8-10-14(11-9-13)26-16(17(23)24)19(2,3)4/h8-12,16H,1-7H3,(H,21,25)(H,23,24). The van der Waals surface area contributed by atoms with Crippen LogP contribution in [0.3, 0.4) is 0 Å². The van der Waals surface area contributed by atoms with Crippen molar-refractivity contribution < 1.29 is 29.0 Å². The quantitative estimate of drug-likeness (QED) is 0.731. The summed E-state index contributed by atoms with van der Waals surface area (Å²) in [6, 6.07) is 5.37. The molecule has 0 saturated carbocycles. The summed E-state index contributed by atoms with van der Waals surface area (Å²) in [5.74, 6) is -1.00. The molecule has 2 unspecified atom stereocenters. The Bertz CT molecular complexity index is 682. The molecule has 150 valence electrons. The second-order valence-electron chi connectivity index (χ2n) is 8.46. The van der Waals surface area contributed by atoms with Crippen molar-refractivity contribution in [3.05, 3.63) is 29.8 Å². The molecule has 27 heavy (non-hydrogen) atoms. The monoisotopic (exact) mass is 379 g/mol. The second-order valence-corrected chi connectivity index (χ2v) is 8.46. The molecule has 0 aliphatic carbocycles. The van der Waals surface area contributed by atoms with Crippen LogP contribution in [0, 0.1) is 5.41 Å². The Labute approximate surface area is 160 Å². The number of alkyl carbamates (subject to hydrolysis) is 1. The van der Waals surface area contributed by atoms with E-state index in [2.05, 4.69) is 5.32 Å². The summed E-state index contributed by atoms with van der Waals surface area (Å²) in [5.41, 5.74) is -0.875. The van der Waals surface area contributed by atoms with E-state index in [1.807, 2.05) is 0 Å². The van der Waals surface area contributed by atoms with Crippen molar-refractivity contribution in [1.29, 1.82) is 0 Å². The van der Waals surface area contributed by atoms with E-state index in [0.717, 1.165) is 0 Å². The third-order valence-electron chi connectivity index (χ3n) is 3.53. The summed E-state index contributed by atoms with van der Waals surface area (Å²) < 4.78 is 10.7. The van der Waals surface area contributed by atoms with Crippen LogP contribution in [0.15, 0.2) is 24.3 Å². The lowest BCUT2D eigenvalue weighted by molar-refractivity contribution is -0.150. The maximum Gasteiger partial charge on any atom is 0.408 e. The number of hydrogen-bond donors (Lipinski definition) is 2. The van der Waals surface area contributed by atoms with Crippen LogP contribution in [0.2, 0.25) is 0 Å². The number of carbonyl (C=O) groups is 3. The summed E-state index contributed by atoms with van der Waals surface area (Å²) >= 11 is 0. The number of hydrogen-bond acceptors (Lipinski definition) is 5. The fraction of sp³-hybridized carbons (Fsp3) is 0.550. The first-order chi connectivity index (χ1) is 12.2. The van der Waals surface area contributed by atoms with E-state index in [1.54, 1.807) is 48.5 Å². The molecule has 0 aliphatic heterocycles. The van der Waals surface area contributed by atoms with Gasteiger partial charge in [0.05, 0.1) is 6.04 Å². The summed E-state index contributed by atoms with van der Waals surface area (Å²) in [6.07, 6.45) is -1.69. The molecule has 0 spiro atoms. The average molecular weight is 379 g/mol. The van der Waals surface area contributed by atoms with E-state index < -0.39 is 35.2 Å². The van der Waals surface area contributed by atoms with E-state index in [1.165, 1.54) is 24.3 Å². The molecule has 0 bridgehead atoms. The van der Waals surface area contributed by atoms with Crippen molar-refractivity contribution in [1.82, 2.24) is 5.32 Å². The largest absolute Gasteiger partial charge is 0.478 e. The van der Waals surface area contributed by atoms with Crippen LogP contribution in [0.4, 0.5) is 4.79 Å². The maximum absolute atomic E-state index is 12.4. The van der Waals surface area contributed by atoms with Gasteiger partial charge in [-0.3, -0.25) is 4.79 Å². The van der Waals surface area contributed by atoms with Gasteiger partial charge in [-0.1, -0.05) is 20.8 Å². The number of nitrogens with one attached hydrogen (secondary N) is 1. The molecule has 2 N–H and O–H groups in total. The van der Waals surface area contributed by atoms with Crippen LogP contribution in [-0.4, -0.2) is 40.7 Å². The summed E-state index contributed by atoms with van der Waals surface area (Å²) in [4.78, 5) is 35.6. The van der Waals surface area contributed by atoms with Crippen molar-refractivity contribution in [2.45, 2.75) is 66.2 Å². The highest BCUT2D eigenvalue weighted by Crippen LogP contribution is 2.25. The van der Waals surface area contributed by atoms with Gasteiger partial charge in [0.1, 0.15) is 11.4 Å². The second kappa shape index (κ2) is 8.41. The summed E-state index contributed by atoms with van der Waals surface area (Å²) in [7, 11) is 0. The number of aliphatic carboxylic acids is 1. The van der Waals surface area contributed by atoms with Crippen LogP contribution in [0.5, 0.6) is 5.75 Å². The van der Waals surface area contributed by atoms with E-state index in [0.29, 0.717) is 11.3 Å². The molecule has 1 aromatic rings. The zero-order valence-corrected chi connectivity index (χ0v) is 17.0. The first kappa shape index (κ1) is 22.5. The molecule has 1 aromatic carbocycles. The van der Waals surface area contributed by atoms with E-state index in [4.69, 9.17) is 9.47 Å². The summed E-state index contributed by atoms with van der Waals surface area (Å²) in [5, 5.41) is 11.8. The van der Waals surface area contributed by atoms with Gasteiger partial charge in [0.25, 0.3) is 0 Å². The highest BCUT2D eigenvalue weighted by Gasteiger charge is 2.33. The van der Waals surface area contributed by atoms with Gasteiger partial charge in [-0.05, 0) is 52.0 Å². The van der Waals surface area contributed by atoms with Crippen molar-refractivity contribution in [2.24, 2.45) is 5.41 Å². The Balaban J connectivity index is 2.79. The molecule has 0 heterocycles. The molecule has 0 aromatic heterocycles. The van der Waals surface area contributed by atoms with Crippen LogP contribution >= 0.6 is 0 Å². The molecule has 1 rings (SSSR count).